The van der Waals surface area contributed by atoms with Gasteiger partial charge in [-0.2, -0.15) is 0 Å². The molecule has 1 aromatic carbocycles. The third kappa shape index (κ3) is 5.15. The van der Waals surface area contributed by atoms with E-state index in [1.54, 1.807) is 6.07 Å². The Morgan fingerprint density at radius 3 is 2.88 bits per heavy atom. The summed E-state index contributed by atoms with van der Waals surface area (Å²) in [7, 11) is 0. The highest BCUT2D eigenvalue weighted by Crippen LogP contribution is 2.23. The molecule has 1 atom stereocenters. The van der Waals surface area contributed by atoms with E-state index in [1.807, 2.05) is 6.92 Å². The second kappa shape index (κ2) is 7.80. The Hall–Kier alpha value is -0.450. The van der Waals surface area contributed by atoms with E-state index < -0.39 is 0 Å². The van der Waals surface area contributed by atoms with Gasteiger partial charge in [-0.3, -0.25) is 0 Å². The fourth-order valence-corrected chi connectivity index (χ4v) is 2.29. The second-order valence-corrected chi connectivity index (χ2v) is 4.75. The summed E-state index contributed by atoms with van der Waals surface area (Å²) in [6.07, 6.45) is 0.983. The minimum atomic E-state index is -0.218. The van der Waals surface area contributed by atoms with Crippen molar-refractivity contribution >= 4 is 15.9 Å². The first-order chi connectivity index (χ1) is 8.15. The summed E-state index contributed by atoms with van der Waals surface area (Å²) in [5.74, 6) is -0.218. The molecule has 1 aromatic rings. The molecular weight excluding hydrogens is 285 g/mol. The maximum atomic E-state index is 12.9. The van der Waals surface area contributed by atoms with Gasteiger partial charge in [-0.25, -0.2) is 4.39 Å². The SMILES string of the molecule is CCOCCCNC(C)c1ccc(F)cc1Br. The maximum Gasteiger partial charge on any atom is 0.124 e. The van der Waals surface area contributed by atoms with Crippen LogP contribution in [0, 0.1) is 5.82 Å². The Labute approximate surface area is 111 Å². The van der Waals surface area contributed by atoms with Gasteiger partial charge >= 0.3 is 0 Å². The van der Waals surface area contributed by atoms with Crippen LogP contribution in [0.4, 0.5) is 4.39 Å². The van der Waals surface area contributed by atoms with Crippen molar-refractivity contribution in [2.24, 2.45) is 0 Å². The molecule has 2 nitrogen and oxygen atoms in total. The van der Waals surface area contributed by atoms with Gasteiger partial charge in [0.05, 0.1) is 0 Å². The van der Waals surface area contributed by atoms with Crippen molar-refractivity contribution < 1.29 is 9.13 Å². The van der Waals surface area contributed by atoms with Crippen molar-refractivity contribution in [2.75, 3.05) is 19.8 Å². The number of hydrogen-bond acceptors (Lipinski definition) is 2. The van der Waals surface area contributed by atoms with Crippen molar-refractivity contribution in [3.63, 3.8) is 0 Å². The minimum Gasteiger partial charge on any atom is -0.382 e. The van der Waals surface area contributed by atoms with Crippen LogP contribution in [0.1, 0.15) is 31.9 Å². The van der Waals surface area contributed by atoms with Crippen LogP contribution in [0.5, 0.6) is 0 Å². The van der Waals surface area contributed by atoms with E-state index >= 15 is 0 Å². The van der Waals surface area contributed by atoms with Gasteiger partial charge < -0.3 is 10.1 Å². The van der Waals surface area contributed by atoms with Crippen LogP contribution in [0.25, 0.3) is 0 Å². The Bertz CT molecular complexity index is 346. The maximum absolute atomic E-state index is 12.9. The van der Waals surface area contributed by atoms with E-state index in [2.05, 4.69) is 28.2 Å². The molecule has 4 heteroatoms. The molecule has 1 N–H and O–H groups in total. The molecule has 1 rings (SSSR count). The van der Waals surface area contributed by atoms with Crippen molar-refractivity contribution in [3.05, 3.63) is 34.1 Å². The lowest BCUT2D eigenvalue weighted by Gasteiger charge is -2.15. The molecule has 0 heterocycles. The van der Waals surface area contributed by atoms with Crippen LogP contribution in [-0.2, 0) is 4.74 Å². The standard InChI is InChI=1S/C13H19BrFNO/c1-3-17-8-4-7-16-10(2)12-6-5-11(15)9-13(12)14/h5-6,9-10,16H,3-4,7-8H2,1-2H3. The number of halogens is 2. The van der Waals surface area contributed by atoms with Gasteiger partial charge in [-0.05, 0) is 44.5 Å². The molecule has 0 saturated carbocycles. The third-order valence-corrected chi connectivity index (χ3v) is 3.24. The molecule has 17 heavy (non-hydrogen) atoms. The molecule has 0 radical (unpaired) electrons. The average Bonchev–Trinajstić information content (AvgIpc) is 2.28. The summed E-state index contributed by atoms with van der Waals surface area (Å²) in [5.41, 5.74) is 1.07. The van der Waals surface area contributed by atoms with Gasteiger partial charge in [0.2, 0.25) is 0 Å². The zero-order valence-corrected chi connectivity index (χ0v) is 11.9. The Balaban J connectivity index is 2.38. The average molecular weight is 304 g/mol. The zero-order chi connectivity index (χ0) is 12.7. The predicted octanol–water partition coefficient (Wildman–Crippen LogP) is 3.67. The van der Waals surface area contributed by atoms with Crippen molar-refractivity contribution in [2.45, 2.75) is 26.3 Å². The quantitative estimate of drug-likeness (QED) is 0.776. The van der Waals surface area contributed by atoms with E-state index in [1.165, 1.54) is 12.1 Å². The monoisotopic (exact) mass is 303 g/mol. The lowest BCUT2D eigenvalue weighted by atomic mass is 10.1. The topological polar surface area (TPSA) is 21.3 Å². The van der Waals surface area contributed by atoms with Crippen molar-refractivity contribution in [1.82, 2.24) is 5.32 Å². The molecule has 0 fully saturated rings. The summed E-state index contributed by atoms with van der Waals surface area (Å²) in [5, 5.41) is 3.39. The van der Waals surface area contributed by atoms with Gasteiger partial charge in [0.15, 0.2) is 0 Å². The number of nitrogens with one attached hydrogen (secondary N) is 1. The first-order valence-electron chi connectivity index (χ1n) is 5.91. The normalized spacial score (nSPS) is 12.7. The van der Waals surface area contributed by atoms with Crippen LogP contribution in [0.2, 0.25) is 0 Å². The van der Waals surface area contributed by atoms with Crippen molar-refractivity contribution in [3.8, 4) is 0 Å². The molecule has 0 aromatic heterocycles. The summed E-state index contributed by atoms with van der Waals surface area (Å²) in [6.45, 7) is 6.50. The summed E-state index contributed by atoms with van der Waals surface area (Å²) in [6, 6.07) is 4.98. The molecule has 0 aliphatic heterocycles. The highest BCUT2D eigenvalue weighted by Gasteiger charge is 2.08. The molecule has 0 bridgehead atoms. The first-order valence-corrected chi connectivity index (χ1v) is 6.70. The van der Waals surface area contributed by atoms with Crippen LogP contribution in [0.15, 0.2) is 22.7 Å². The van der Waals surface area contributed by atoms with Gasteiger partial charge in [-0.1, -0.05) is 22.0 Å². The van der Waals surface area contributed by atoms with E-state index in [0.717, 1.165) is 36.2 Å². The van der Waals surface area contributed by atoms with Crippen molar-refractivity contribution in [1.29, 1.82) is 0 Å². The van der Waals surface area contributed by atoms with Crippen LogP contribution in [-0.4, -0.2) is 19.8 Å². The number of ether oxygens (including phenoxy) is 1. The zero-order valence-electron chi connectivity index (χ0n) is 10.3. The Morgan fingerprint density at radius 2 is 2.24 bits per heavy atom. The lowest BCUT2D eigenvalue weighted by Crippen LogP contribution is -2.21. The van der Waals surface area contributed by atoms with E-state index in [0.29, 0.717) is 0 Å². The third-order valence-electron chi connectivity index (χ3n) is 2.55. The molecule has 96 valence electrons. The summed E-state index contributed by atoms with van der Waals surface area (Å²) in [4.78, 5) is 0. The number of hydrogen-bond donors (Lipinski definition) is 1. The van der Waals surface area contributed by atoms with Crippen LogP contribution >= 0.6 is 15.9 Å². The highest BCUT2D eigenvalue weighted by atomic mass is 79.9. The Morgan fingerprint density at radius 1 is 1.47 bits per heavy atom. The van der Waals surface area contributed by atoms with E-state index in [4.69, 9.17) is 4.74 Å². The smallest absolute Gasteiger partial charge is 0.124 e. The second-order valence-electron chi connectivity index (χ2n) is 3.89. The molecule has 0 amide bonds. The van der Waals surface area contributed by atoms with E-state index in [9.17, 15) is 4.39 Å². The van der Waals surface area contributed by atoms with Gasteiger partial charge in [-0.15, -0.1) is 0 Å². The largest absolute Gasteiger partial charge is 0.382 e. The Kier molecular flexibility index (Phi) is 6.70. The highest BCUT2D eigenvalue weighted by molar-refractivity contribution is 9.10. The number of benzene rings is 1. The predicted molar refractivity (Wildman–Crippen MR) is 71.6 cm³/mol. The van der Waals surface area contributed by atoms with Gasteiger partial charge in [0.1, 0.15) is 5.82 Å². The fourth-order valence-electron chi connectivity index (χ4n) is 1.60. The molecule has 0 aliphatic carbocycles. The minimum absolute atomic E-state index is 0.201. The first kappa shape index (κ1) is 14.6. The lowest BCUT2D eigenvalue weighted by molar-refractivity contribution is 0.144. The fraction of sp³-hybridized carbons (Fsp3) is 0.538. The molecule has 0 aliphatic rings. The summed E-state index contributed by atoms with van der Waals surface area (Å²) >= 11 is 3.38. The molecule has 0 spiro atoms. The van der Waals surface area contributed by atoms with E-state index in [-0.39, 0.29) is 11.9 Å². The number of rotatable bonds is 7. The van der Waals surface area contributed by atoms with Crippen LogP contribution in [0.3, 0.4) is 0 Å². The van der Waals surface area contributed by atoms with Gasteiger partial charge in [0, 0.05) is 23.7 Å². The molecule has 1 unspecified atom stereocenters. The van der Waals surface area contributed by atoms with Crippen LogP contribution < -0.4 is 5.32 Å². The molecule has 0 saturated heterocycles. The molecular formula is C13H19BrFNO. The van der Waals surface area contributed by atoms with Gasteiger partial charge in [0.25, 0.3) is 0 Å². The summed E-state index contributed by atoms with van der Waals surface area (Å²) < 4.78 is 19.0.